The smallest absolute Gasteiger partial charge is 0.272 e. The first-order valence-corrected chi connectivity index (χ1v) is 10.6. The van der Waals surface area contributed by atoms with Gasteiger partial charge in [0.25, 0.3) is 5.91 Å². The highest BCUT2D eigenvalue weighted by Crippen LogP contribution is 2.16. The molecule has 152 valence electrons. The molecule has 4 rings (SSSR count). The molecule has 0 unspecified atom stereocenters. The molecule has 2 aromatic rings. The zero-order valence-electron chi connectivity index (χ0n) is 16.9. The summed E-state index contributed by atoms with van der Waals surface area (Å²) in [5, 5.41) is 0. The van der Waals surface area contributed by atoms with E-state index in [0.29, 0.717) is 11.6 Å². The van der Waals surface area contributed by atoms with Gasteiger partial charge < -0.3 is 9.80 Å². The molecule has 6 nitrogen and oxygen atoms in total. The van der Waals surface area contributed by atoms with Crippen molar-refractivity contribution in [2.75, 3.05) is 50.7 Å². The number of hydrogen-bond acceptors (Lipinski definition) is 5. The van der Waals surface area contributed by atoms with E-state index in [2.05, 4.69) is 44.1 Å². The number of benzene rings is 1. The number of piperazine rings is 1. The number of carbonyl (C=O) groups is 1. The van der Waals surface area contributed by atoms with Gasteiger partial charge in [-0.1, -0.05) is 42.5 Å². The molecule has 2 aliphatic rings. The topological polar surface area (TPSA) is 52.6 Å². The van der Waals surface area contributed by atoms with Crippen LogP contribution in [0.25, 0.3) is 6.08 Å². The Balaban J connectivity index is 1.29. The van der Waals surface area contributed by atoms with Crippen LogP contribution in [-0.4, -0.2) is 71.5 Å². The number of piperidine rings is 1. The molecule has 0 saturated carbocycles. The molecule has 0 spiro atoms. The quantitative estimate of drug-likeness (QED) is 0.784. The first-order valence-electron chi connectivity index (χ1n) is 10.6. The summed E-state index contributed by atoms with van der Waals surface area (Å²) in [6.07, 6.45) is 9.67. The minimum Gasteiger partial charge on any atom is -0.341 e. The molecule has 0 N–H and O–H groups in total. The van der Waals surface area contributed by atoms with Crippen LogP contribution in [0.15, 0.2) is 48.7 Å². The highest BCUT2D eigenvalue weighted by molar-refractivity contribution is 5.92. The van der Waals surface area contributed by atoms with Gasteiger partial charge in [-0.25, -0.2) is 9.97 Å². The third-order valence-electron chi connectivity index (χ3n) is 5.63. The molecule has 0 aliphatic carbocycles. The van der Waals surface area contributed by atoms with Crippen molar-refractivity contribution < 1.29 is 4.79 Å². The lowest BCUT2D eigenvalue weighted by atomic mass is 10.1. The fraction of sp³-hybridized carbons (Fsp3) is 0.435. The van der Waals surface area contributed by atoms with E-state index >= 15 is 0 Å². The largest absolute Gasteiger partial charge is 0.341 e. The monoisotopic (exact) mass is 391 g/mol. The maximum Gasteiger partial charge on any atom is 0.272 e. The first kappa shape index (κ1) is 19.6. The van der Waals surface area contributed by atoms with Gasteiger partial charge >= 0.3 is 0 Å². The number of amides is 1. The molecule has 1 aromatic carbocycles. The fourth-order valence-corrected chi connectivity index (χ4v) is 3.91. The van der Waals surface area contributed by atoms with Crippen molar-refractivity contribution in [1.82, 2.24) is 19.8 Å². The van der Waals surface area contributed by atoms with Crippen LogP contribution < -0.4 is 4.90 Å². The summed E-state index contributed by atoms with van der Waals surface area (Å²) in [5.41, 5.74) is 1.73. The summed E-state index contributed by atoms with van der Waals surface area (Å²) < 4.78 is 0. The van der Waals surface area contributed by atoms with E-state index < -0.39 is 0 Å². The molecule has 3 heterocycles. The van der Waals surface area contributed by atoms with Crippen molar-refractivity contribution >= 4 is 17.9 Å². The number of nitrogens with zero attached hydrogens (tertiary/aromatic N) is 5. The number of hydrogen-bond donors (Lipinski definition) is 0. The molecule has 0 atom stereocenters. The number of carbonyl (C=O) groups excluding carboxylic acids is 1. The maximum atomic E-state index is 12.9. The van der Waals surface area contributed by atoms with Crippen molar-refractivity contribution in [3.05, 3.63) is 59.9 Å². The Kier molecular flexibility index (Phi) is 6.52. The maximum absolute atomic E-state index is 12.9. The molecular formula is C23H29N5O. The van der Waals surface area contributed by atoms with E-state index in [1.54, 1.807) is 12.3 Å². The predicted molar refractivity (Wildman–Crippen MR) is 116 cm³/mol. The average molecular weight is 392 g/mol. The van der Waals surface area contributed by atoms with Gasteiger partial charge in [0.05, 0.1) is 0 Å². The van der Waals surface area contributed by atoms with E-state index in [-0.39, 0.29) is 5.91 Å². The third-order valence-corrected chi connectivity index (χ3v) is 5.63. The van der Waals surface area contributed by atoms with Gasteiger partial charge in [-0.15, -0.1) is 0 Å². The predicted octanol–water partition coefficient (Wildman–Crippen LogP) is 2.94. The van der Waals surface area contributed by atoms with Crippen LogP contribution in [0.3, 0.4) is 0 Å². The summed E-state index contributed by atoms with van der Waals surface area (Å²) in [7, 11) is 0. The molecular weight excluding hydrogens is 362 g/mol. The Morgan fingerprint density at radius 3 is 2.45 bits per heavy atom. The van der Waals surface area contributed by atoms with E-state index in [1.165, 1.54) is 24.8 Å². The first-order chi connectivity index (χ1) is 14.3. The van der Waals surface area contributed by atoms with Crippen molar-refractivity contribution in [1.29, 1.82) is 0 Å². The standard InChI is InChI=1S/C23H29N5O/c29-22(21-11-12-24-23(25-21)28-14-5-2-6-15-28)27-18-16-26(17-19-27)13-7-10-20-8-3-1-4-9-20/h1,3-4,7-12H,2,5-6,13-19H2/b10-7+. The second-order valence-corrected chi connectivity index (χ2v) is 7.70. The van der Waals surface area contributed by atoms with Crippen molar-refractivity contribution in [2.45, 2.75) is 19.3 Å². The summed E-state index contributed by atoms with van der Waals surface area (Å²) in [6, 6.07) is 12.1. The molecule has 2 aliphatic heterocycles. The third kappa shape index (κ3) is 5.21. The molecule has 2 fully saturated rings. The van der Waals surface area contributed by atoms with Crippen LogP contribution in [0, 0.1) is 0 Å². The van der Waals surface area contributed by atoms with Gasteiger partial charge in [0, 0.05) is 52.0 Å². The molecule has 0 radical (unpaired) electrons. The number of anilines is 1. The van der Waals surface area contributed by atoms with Gasteiger partial charge in [0.15, 0.2) is 0 Å². The van der Waals surface area contributed by atoms with Gasteiger partial charge in [-0.2, -0.15) is 0 Å². The summed E-state index contributed by atoms with van der Waals surface area (Å²) in [4.78, 5) is 28.4. The van der Waals surface area contributed by atoms with E-state index in [1.807, 2.05) is 23.1 Å². The van der Waals surface area contributed by atoms with E-state index in [9.17, 15) is 4.79 Å². The van der Waals surface area contributed by atoms with E-state index in [0.717, 1.165) is 45.8 Å². The molecule has 6 heteroatoms. The SMILES string of the molecule is O=C(c1ccnc(N2CCCCC2)n1)N1CCN(C/C=C/c2ccccc2)CC1. The zero-order valence-corrected chi connectivity index (χ0v) is 16.9. The van der Waals surface area contributed by atoms with Crippen LogP contribution >= 0.6 is 0 Å². The molecule has 1 aromatic heterocycles. The fourth-order valence-electron chi connectivity index (χ4n) is 3.91. The van der Waals surface area contributed by atoms with Crippen LogP contribution in [0.1, 0.15) is 35.3 Å². The second kappa shape index (κ2) is 9.65. The zero-order chi connectivity index (χ0) is 19.9. The normalized spacial score (nSPS) is 18.3. The highest BCUT2D eigenvalue weighted by atomic mass is 16.2. The Morgan fingerprint density at radius 2 is 1.69 bits per heavy atom. The van der Waals surface area contributed by atoms with Gasteiger partial charge in [-0.05, 0) is 30.9 Å². The average Bonchev–Trinajstić information content (AvgIpc) is 2.80. The minimum absolute atomic E-state index is 0.0186. The molecule has 1 amide bonds. The molecule has 2 saturated heterocycles. The van der Waals surface area contributed by atoms with Crippen LogP contribution in [0.4, 0.5) is 5.95 Å². The summed E-state index contributed by atoms with van der Waals surface area (Å²) in [5.74, 6) is 0.713. The Bertz CT molecular complexity index is 824. The van der Waals surface area contributed by atoms with Crippen molar-refractivity contribution in [3.63, 3.8) is 0 Å². The Labute approximate surface area is 172 Å². The minimum atomic E-state index is 0.0186. The lowest BCUT2D eigenvalue weighted by molar-refractivity contribution is 0.0644. The Hall–Kier alpha value is -2.73. The van der Waals surface area contributed by atoms with Crippen molar-refractivity contribution in [2.24, 2.45) is 0 Å². The summed E-state index contributed by atoms with van der Waals surface area (Å²) in [6.45, 7) is 6.11. The van der Waals surface area contributed by atoms with Crippen LogP contribution in [0.5, 0.6) is 0 Å². The lowest BCUT2D eigenvalue weighted by Crippen LogP contribution is -2.48. The van der Waals surface area contributed by atoms with Crippen LogP contribution in [0.2, 0.25) is 0 Å². The van der Waals surface area contributed by atoms with Crippen molar-refractivity contribution in [3.8, 4) is 0 Å². The Morgan fingerprint density at radius 1 is 0.931 bits per heavy atom. The highest BCUT2D eigenvalue weighted by Gasteiger charge is 2.23. The number of rotatable bonds is 5. The molecule has 0 bridgehead atoms. The van der Waals surface area contributed by atoms with Gasteiger partial charge in [0.1, 0.15) is 5.69 Å². The van der Waals surface area contributed by atoms with Crippen LogP contribution in [-0.2, 0) is 0 Å². The number of aromatic nitrogens is 2. The second-order valence-electron chi connectivity index (χ2n) is 7.70. The summed E-state index contributed by atoms with van der Waals surface area (Å²) >= 11 is 0. The molecule has 29 heavy (non-hydrogen) atoms. The van der Waals surface area contributed by atoms with Gasteiger partial charge in [-0.3, -0.25) is 9.69 Å². The van der Waals surface area contributed by atoms with Gasteiger partial charge in [0.2, 0.25) is 5.95 Å². The lowest BCUT2D eigenvalue weighted by Gasteiger charge is -2.34. The van der Waals surface area contributed by atoms with E-state index in [4.69, 9.17) is 0 Å².